The van der Waals surface area contributed by atoms with Gasteiger partial charge in [0, 0.05) is 23.6 Å². The topological polar surface area (TPSA) is 52.6 Å². The lowest BCUT2D eigenvalue weighted by molar-refractivity contribution is -0.152. The van der Waals surface area contributed by atoms with Crippen LogP contribution in [0.5, 0.6) is 0 Å². The van der Waals surface area contributed by atoms with Crippen molar-refractivity contribution in [3.8, 4) is 0 Å². The van der Waals surface area contributed by atoms with E-state index in [0.29, 0.717) is 29.7 Å². The van der Waals surface area contributed by atoms with Gasteiger partial charge >= 0.3 is 5.97 Å². The van der Waals surface area contributed by atoms with Crippen LogP contribution in [0.3, 0.4) is 0 Å². The normalized spacial score (nSPS) is 38.5. The fourth-order valence-electron chi connectivity index (χ4n) is 4.37. The molecule has 4 heteroatoms. The molecule has 1 heterocycles. The zero-order valence-electron chi connectivity index (χ0n) is 12.7. The molecule has 116 valence electrons. The van der Waals surface area contributed by atoms with E-state index in [-0.39, 0.29) is 11.8 Å². The molecule has 0 saturated heterocycles. The van der Waals surface area contributed by atoms with E-state index in [2.05, 4.69) is 6.08 Å². The van der Waals surface area contributed by atoms with Crippen LogP contribution in [0.4, 0.5) is 0 Å². The first-order valence-corrected chi connectivity index (χ1v) is 8.11. The summed E-state index contributed by atoms with van der Waals surface area (Å²) in [4.78, 5) is 23.6. The van der Waals surface area contributed by atoms with E-state index in [0.717, 1.165) is 18.4 Å². The Morgan fingerprint density at radius 3 is 2.95 bits per heavy atom. The van der Waals surface area contributed by atoms with Crippen LogP contribution < -0.4 is 0 Å². The quantitative estimate of drug-likeness (QED) is 0.340. The van der Waals surface area contributed by atoms with Crippen LogP contribution in [0.1, 0.15) is 39.0 Å². The summed E-state index contributed by atoms with van der Waals surface area (Å²) in [5.41, 5.74) is 2.85. The first-order valence-electron chi connectivity index (χ1n) is 8.11. The van der Waals surface area contributed by atoms with Crippen LogP contribution in [0.15, 0.2) is 35.1 Å². The summed E-state index contributed by atoms with van der Waals surface area (Å²) in [7, 11) is 0. The average Bonchev–Trinajstić information content (AvgIpc) is 3.10. The Labute approximate surface area is 129 Å². The van der Waals surface area contributed by atoms with Crippen molar-refractivity contribution in [2.75, 3.05) is 0 Å². The molecular formula is C18H20O4. The van der Waals surface area contributed by atoms with Gasteiger partial charge in [-0.05, 0) is 50.4 Å². The third kappa shape index (κ3) is 2.13. The van der Waals surface area contributed by atoms with Crippen molar-refractivity contribution in [2.45, 2.75) is 45.3 Å². The van der Waals surface area contributed by atoms with Crippen LogP contribution in [-0.2, 0) is 19.1 Å². The lowest BCUT2D eigenvalue weighted by Gasteiger charge is -2.19. The smallest absolute Gasteiger partial charge is 0.336 e. The molecule has 0 amide bonds. The highest BCUT2D eigenvalue weighted by molar-refractivity contribution is 5.99. The van der Waals surface area contributed by atoms with Gasteiger partial charge in [0.1, 0.15) is 0 Å². The molecule has 0 aromatic rings. The third-order valence-corrected chi connectivity index (χ3v) is 5.45. The monoisotopic (exact) mass is 300 g/mol. The molecule has 0 aromatic carbocycles. The molecule has 4 aliphatic rings. The van der Waals surface area contributed by atoms with E-state index in [1.807, 2.05) is 0 Å². The molecule has 0 bridgehead atoms. The molecule has 2 saturated carbocycles. The van der Waals surface area contributed by atoms with Crippen LogP contribution in [0.2, 0.25) is 0 Å². The third-order valence-electron chi connectivity index (χ3n) is 5.45. The summed E-state index contributed by atoms with van der Waals surface area (Å²) in [6.45, 7) is 1.70. The van der Waals surface area contributed by atoms with Gasteiger partial charge in [-0.25, -0.2) is 4.79 Å². The molecule has 0 radical (unpaired) electrons. The second-order valence-corrected chi connectivity index (χ2v) is 6.74. The number of ketones is 1. The predicted molar refractivity (Wildman–Crippen MR) is 79.5 cm³/mol. The van der Waals surface area contributed by atoms with Gasteiger partial charge in [-0.3, -0.25) is 4.79 Å². The van der Waals surface area contributed by atoms with Crippen LogP contribution in [0, 0.1) is 17.8 Å². The van der Waals surface area contributed by atoms with Crippen molar-refractivity contribution >= 4 is 11.8 Å². The maximum atomic E-state index is 12.3. The fourth-order valence-corrected chi connectivity index (χ4v) is 4.37. The van der Waals surface area contributed by atoms with Crippen molar-refractivity contribution < 1.29 is 19.1 Å². The average molecular weight is 300 g/mol. The van der Waals surface area contributed by atoms with E-state index >= 15 is 0 Å². The van der Waals surface area contributed by atoms with E-state index in [9.17, 15) is 9.59 Å². The van der Waals surface area contributed by atoms with E-state index in [4.69, 9.17) is 9.47 Å². The number of carbonyl (C=O) groups is 2. The van der Waals surface area contributed by atoms with E-state index in [1.54, 1.807) is 19.3 Å². The molecule has 4 atom stereocenters. The molecule has 22 heavy (non-hydrogen) atoms. The molecule has 0 N–H and O–H groups in total. The number of allylic oxidation sites excluding steroid dienone is 3. The Bertz CT molecular complexity index is 625. The number of hydrogen-bond acceptors (Lipinski definition) is 4. The Balaban J connectivity index is 1.52. The zero-order chi connectivity index (χ0) is 15.3. The maximum Gasteiger partial charge on any atom is 0.336 e. The largest absolute Gasteiger partial charge is 0.458 e. The van der Waals surface area contributed by atoms with Gasteiger partial charge in [0.15, 0.2) is 5.78 Å². The molecular weight excluding hydrogens is 280 g/mol. The van der Waals surface area contributed by atoms with E-state index in [1.165, 1.54) is 18.4 Å². The second-order valence-electron chi connectivity index (χ2n) is 6.74. The molecule has 2 fully saturated rings. The molecule has 1 aliphatic heterocycles. The summed E-state index contributed by atoms with van der Waals surface area (Å²) in [6.07, 6.45) is 10.2. The minimum atomic E-state index is -0.685. The highest BCUT2D eigenvalue weighted by Crippen LogP contribution is 2.54. The van der Waals surface area contributed by atoms with Crippen molar-refractivity contribution in [3.63, 3.8) is 0 Å². The molecule has 0 spiro atoms. The molecule has 4 nitrogen and oxygen atoms in total. The Morgan fingerprint density at radius 1 is 1.32 bits per heavy atom. The SMILES string of the molecule is CC1=C[C@@H](O/C=C2/C(=O)C[C@@H]3C4=CCCC[C@H]4C[C@H]23)OC1=O. The highest BCUT2D eigenvalue weighted by Gasteiger charge is 2.48. The van der Waals surface area contributed by atoms with Crippen LogP contribution in [-0.4, -0.2) is 18.0 Å². The van der Waals surface area contributed by atoms with Gasteiger partial charge in [0.2, 0.25) is 0 Å². The second kappa shape index (κ2) is 5.11. The molecule has 0 aromatic heterocycles. The minimum Gasteiger partial charge on any atom is -0.458 e. The maximum absolute atomic E-state index is 12.3. The van der Waals surface area contributed by atoms with Crippen LogP contribution >= 0.6 is 0 Å². The first kappa shape index (κ1) is 13.8. The Kier molecular flexibility index (Phi) is 3.21. The number of hydrogen-bond donors (Lipinski definition) is 0. The van der Waals surface area contributed by atoms with Crippen molar-refractivity contribution in [1.29, 1.82) is 0 Å². The van der Waals surface area contributed by atoms with Gasteiger partial charge in [0.25, 0.3) is 6.29 Å². The number of rotatable bonds is 2. The summed E-state index contributed by atoms with van der Waals surface area (Å²) in [5, 5.41) is 0. The number of carbonyl (C=O) groups excluding carboxylic acids is 2. The van der Waals surface area contributed by atoms with Crippen molar-refractivity contribution in [3.05, 3.63) is 35.1 Å². The number of ether oxygens (including phenoxy) is 2. The summed E-state index contributed by atoms with van der Waals surface area (Å²) < 4.78 is 10.6. The number of Topliss-reactive ketones (excluding diaryl/α,β-unsaturated/α-hetero) is 1. The van der Waals surface area contributed by atoms with Crippen molar-refractivity contribution in [1.82, 2.24) is 0 Å². The lowest BCUT2D eigenvalue weighted by atomic mass is 9.86. The predicted octanol–water partition coefficient (Wildman–Crippen LogP) is 3.05. The number of esters is 1. The number of cyclic esters (lactones) is 1. The lowest BCUT2D eigenvalue weighted by Crippen LogP contribution is -2.11. The summed E-state index contributed by atoms with van der Waals surface area (Å²) in [6, 6.07) is 0. The van der Waals surface area contributed by atoms with Gasteiger partial charge in [-0.15, -0.1) is 0 Å². The minimum absolute atomic E-state index is 0.185. The highest BCUT2D eigenvalue weighted by atomic mass is 16.7. The summed E-state index contributed by atoms with van der Waals surface area (Å²) >= 11 is 0. The molecule has 3 aliphatic carbocycles. The molecule has 0 unspecified atom stereocenters. The Morgan fingerprint density at radius 2 is 2.18 bits per heavy atom. The standard InChI is InChI=1S/C18H20O4/c1-10-6-17(22-18(10)20)21-9-15-13-7-11-4-2-3-5-12(11)14(13)8-16(15)19/h5-6,9,11,13-14,17H,2-4,7-8H2,1H3/b15-9+/t11-,13-,14+,17-/m0/s1. The first-order chi connectivity index (χ1) is 10.6. The zero-order valence-corrected chi connectivity index (χ0v) is 12.7. The fraction of sp³-hybridized carbons (Fsp3) is 0.556. The van der Waals surface area contributed by atoms with Crippen molar-refractivity contribution in [2.24, 2.45) is 17.8 Å². The van der Waals surface area contributed by atoms with Gasteiger partial charge in [-0.1, -0.05) is 11.6 Å². The Hall–Kier alpha value is -1.84. The van der Waals surface area contributed by atoms with Gasteiger partial charge in [-0.2, -0.15) is 0 Å². The number of fused-ring (bicyclic) bond motifs is 3. The van der Waals surface area contributed by atoms with Gasteiger partial charge < -0.3 is 9.47 Å². The van der Waals surface area contributed by atoms with E-state index < -0.39 is 6.29 Å². The van der Waals surface area contributed by atoms with Gasteiger partial charge in [0.05, 0.1) is 6.26 Å². The summed E-state index contributed by atoms with van der Waals surface area (Å²) in [5.74, 6) is 1.17. The molecule has 4 rings (SSSR count). The van der Waals surface area contributed by atoms with Crippen LogP contribution in [0.25, 0.3) is 0 Å².